The Morgan fingerprint density at radius 3 is 2.65 bits per heavy atom. The van der Waals surface area contributed by atoms with Gasteiger partial charge in [0.1, 0.15) is 0 Å². The summed E-state index contributed by atoms with van der Waals surface area (Å²) < 4.78 is 6.01. The van der Waals surface area contributed by atoms with E-state index in [1.54, 1.807) is 0 Å². The summed E-state index contributed by atoms with van der Waals surface area (Å²) in [5.41, 5.74) is 0. The predicted molar refractivity (Wildman–Crippen MR) is 82.0 cm³/mol. The van der Waals surface area contributed by atoms with Crippen molar-refractivity contribution in [3.63, 3.8) is 0 Å². The SMILES string of the molecule is CCN1CCOC(CN(CC2CCNCC2)C2CC2)C1. The van der Waals surface area contributed by atoms with Gasteiger partial charge in [-0.3, -0.25) is 9.80 Å². The van der Waals surface area contributed by atoms with E-state index in [1.165, 1.54) is 45.3 Å². The first-order valence-electron chi connectivity index (χ1n) is 8.64. The van der Waals surface area contributed by atoms with Crippen LogP contribution in [0.4, 0.5) is 0 Å². The third kappa shape index (κ3) is 4.17. The number of rotatable bonds is 6. The number of hydrogen-bond donors (Lipinski definition) is 1. The number of hydrogen-bond acceptors (Lipinski definition) is 4. The van der Waals surface area contributed by atoms with Crippen LogP contribution in [0.25, 0.3) is 0 Å². The molecule has 2 saturated heterocycles. The highest BCUT2D eigenvalue weighted by atomic mass is 16.5. The maximum absolute atomic E-state index is 6.01. The fourth-order valence-electron chi connectivity index (χ4n) is 3.65. The van der Waals surface area contributed by atoms with Crippen LogP contribution in [-0.2, 0) is 4.74 Å². The lowest BCUT2D eigenvalue weighted by Gasteiger charge is -2.37. The fourth-order valence-corrected chi connectivity index (χ4v) is 3.65. The Morgan fingerprint density at radius 2 is 1.95 bits per heavy atom. The first-order chi connectivity index (χ1) is 9.85. The summed E-state index contributed by atoms with van der Waals surface area (Å²) in [4.78, 5) is 5.28. The van der Waals surface area contributed by atoms with Gasteiger partial charge in [-0.2, -0.15) is 0 Å². The molecule has 0 aromatic heterocycles. The van der Waals surface area contributed by atoms with Gasteiger partial charge in [0.25, 0.3) is 0 Å². The van der Waals surface area contributed by atoms with E-state index in [4.69, 9.17) is 4.74 Å². The van der Waals surface area contributed by atoms with Crippen molar-refractivity contribution in [3.05, 3.63) is 0 Å². The van der Waals surface area contributed by atoms with Crippen LogP contribution >= 0.6 is 0 Å². The highest BCUT2D eigenvalue weighted by molar-refractivity contribution is 4.89. The summed E-state index contributed by atoms with van der Waals surface area (Å²) in [5.74, 6) is 0.905. The van der Waals surface area contributed by atoms with Crippen LogP contribution in [0.1, 0.15) is 32.6 Å². The third-order valence-electron chi connectivity index (χ3n) is 5.12. The molecule has 0 radical (unpaired) electrons. The Bertz CT molecular complexity index is 289. The third-order valence-corrected chi connectivity index (χ3v) is 5.12. The minimum Gasteiger partial charge on any atom is -0.374 e. The molecule has 0 aromatic rings. The fraction of sp³-hybridized carbons (Fsp3) is 1.00. The van der Waals surface area contributed by atoms with E-state index in [1.807, 2.05) is 0 Å². The van der Waals surface area contributed by atoms with E-state index in [-0.39, 0.29) is 0 Å². The second kappa shape index (κ2) is 7.21. The highest BCUT2D eigenvalue weighted by Gasteiger charge is 2.33. The molecule has 3 aliphatic rings. The smallest absolute Gasteiger partial charge is 0.0829 e. The van der Waals surface area contributed by atoms with Crippen LogP contribution in [-0.4, -0.2) is 74.4 Å². The van der Waals surface area contributed by atoms with Gasteiger partial charge in [-0.05, 0) is 51.2 Å². The van der Waals surface area contributed by atoms with Crippen molar-refractivity contribution < 1.29 is 4.74 Å². The minimum atomic E-state index is 0.436. The largest absolute Gasteiger partial charge is 0.374 e. The lowest BCUT2D eigenvalue weighted by atomic mass is 9.97. The van der Waals surface area contributed by atoms with Gasteiger partial charge in [-0.15, -0.1) is 0 Å². The van der Waals surface area contributed by atoms with Crippen LogP contribution in [0.5, 0.6) is 0 Å². The second-order valence-electron chi connectivity index (χ2n) is 6.76. The number of morpholine rings is 1. The Labute approximate surface area is 123 Å². The average molecular weight is 281 g/mol. The van der Waals surface area contributed by atoms with Crippen LogP contribution in [0.15, 0.2) is 0 Å². The van der Waals surface area contributed by atoms with Gasteiger partial charge in [-0.1, -0.05) is 6.92 Å². The maximum Gasteiger partial charge on any atom is 0.0829 e. The summed E-state index contributed by atoms with van der Waals surface area (Å²) >= 11 is 0. The van der Waals surface area contributed by atoms with Gasteiger partial charge in [0.2, 0.25) is 0 Å². The van der Waals surface area contributed by atoms with Crippen LogP contribution in [0, 0.1) is 5.92 Å². The molecule has 2 heterocycles. The van der Waals surface area contributed by atoms with Gasteiger partial charge in [-0.25, -0.2) is 0 Å². The van der Waals surface area contributed by atoms with Gasteiger partial charge in [0.05, 0.1) is 12.7 Å². The Kier molecular flexibility index (Phi) is 5.32. The standard InChI is InChI=1S/C16H31N3O/c1-2-18-9-10-20-16(12-18)13-19(15-3-4-15)11-14-5-7-17-8-6-14/h14-17H,2-13H2,1H3. The molecule has 0 bridgehead atoms. The number of likely N-dealkylation sites (N-methyl/N-ethyl adjacent to an activating group) is 1. The number of ether oxygens (including phenoxy) is 1. The number of nitrogens with one attached hydrogen (secondary N) is 1. The van der Waals surface area contributed by atoms with Crippen molar-refractivity contribution in [2.45, 2.75) is 44.8 Å². The van der Waals surface area contributed by atoms with Crippen molar-refractivity contribution in [1.29, 1.82) is 0 Å². The van der Waals surface area contributed by atoms with E-state index >= 15 is 0 Å². The molecule has 4 nitrogen and oxygen atoms in total. The molecule has 1 aliphatic carbocycles. The summed E-state index contributed by atoms with van der Waals surface area (Å²) in [7, 11) is 0. The molecule has 116 valence electrons. The lowest BCUT2D eigenvalue weighted by Crippen LogP contribution is -2.49. The average Bonchev–Trinajstić information content (AvgIpc) is 3.33. The molecule has 0 amide bonds. The summed E-state index contributed by atoms with van der Waals surface area (Å²) in [6.45, 7) is 11.5. The normalized spacial score (nSPS) is 30.0. The van der Waals surface area contributed by atoms with Crippen molar-refractivity contribution >= 4 is 0 Å². The highest BCUT2D eigenvalue weighted by Crippen LogP contribution is 2.29. The molecule has 2 aliphatic heterocycles. The minimum absolute atomic E-state index is 0.436. The Balaban J connectivity index is 1.48. The number of piperidine rings is 1. The first kappa shape index (κ1) is 14.8. The topological polar surface area (TPSA) is 27.7 Å². The maximum atomic E-state index is 6.01. The zero-order valence-electron chi connectivity index (χ0n) is 13.0. The van der Waals surface area contributed by atoms with E-state index in [0.29, 0.717) is 6.10 Å². The molecular weight excluding hydrogens is 250 g/mol. The van der Waals surface area contributed by atoms with Crippen LogP contribution < -0.4 is 5.32 Å². The van der Waals surface area contributed by atoms with Gasteiger partial charge >= 0.3 is 0 Å². The molecule has 4 heteroatoms. The van der Waals surface area contributed by atoms with Crippen molar-refractivity contribution in [2.24, 2.45) is 5.92 Å². The van der Waals surface area contributed by atoms with E-state index < -0.39 is 0 Å². The van der Waals surface area contributed by atoms with Crippen LogP contribution in [0.3, 0.4) is 0 Å². The molecule has 1 saturated carbocycles. The molecule has 1 N–H and O–H groups in total. The zero-order chi connectivity index (χ0) is 13.8. The molecular formula is C16H31N3O. The zero-order valence-corrected chi connectivity index (χ0v) is 13.0. The summed E-state index contributed by atoms with van der Waals surface area (Å²) in [6.07, 6.45) is 5.97. The Morgan fingerprint density at radius 1 is 1.15 bits per heavy atom. The van der Waals surface area contributed by atoms with Gasteiger partial charge in [0, 0.05) is 32.2 Å². The molecule has 3 rings (SSSR count). The quantitative estimate of drug-likeness (QED) is 0.791. The summed E-state index contributed by atoms with van der Waals surface area (Å²) in [5, 5.41) is 3.48. The second-order valence-corrected chi connectivity index (χ2v) is 6.76. The first-order valence-corrected chi connectivity index (χ1v) is 8.64. The van der Waals surface area contributed by atoms with Crippen LogP contribution in [0.2, 0.25) is 0 Å². The molecule has 0 aromatic carbocycles. The van der Waals surface area contributed by atoms with Crippen molar-refractivity contribution in [2.75, 3.05) is 52.4 Å². The Hall–Kier alpha value is -0.160. The number of nitrogens with zero attached hydrogens (tertiary/aromatic N) is 2. The molecule has 3 fully saturated rings. The van der Waals surface area contributed by atoms with E-state index in [9.17, 15) is 0 Å². The summed E-state index contributed by atoms with van der Waals surface area (Å²) in [6, 6.07) is 0.866. The van der Waals surface area contributed by atoms with E-state index in [2.05, 4.69) is 22.0 Å². The molecule has 1 unspecified atom stereocenters. The van der Waals surface area contributed by atoms with Gasteiger partial charge in [0.15, 0.2) is 0 Å². The van der Waals surface area contributed by atoms with E-state index in [0.717, 1.165) is 44.7 Å². The molecule has 0 spiro atoms. The monoisotopic (exact) mass is 281 g/mol. The van der Waals surface area contributed by atoms with Gasteiger partial charge < -0.3 is 10.1 Å². The molecule has 20 heavy (non-hydrogen) atoms. The van der Waals surface area contributed by atoms with Crippen molar-refractivity contribution in [3.8, 4) is 0 Å². The molecule has 1 atom stereocenters. The lowest BCUT2D eigenvalue weighted by molar-refractivity contribution is -0.0450. The van der Waals surface area contributed by atoms with Crippen molar-refractivity contribution in [1.82, 2.24) is 15.1 Å². The predicted octanol–water partition coefficient (Wildman–Crippen LogP) is 1.17.